The second-order valence-electron chi connectivity index (χ2n) is 7.39. The highest BCUT2D eigenvalue weighted by Gasteiger charge is 2.25. The molecule has 0 spiro atoms. The summed E-state index contributed by atoms with van der Waals surface area (Å²) in [7, 11) is -3.86. The molecule has 0 amide bonds. The van der Waals surface area contributed by atoms with Crippen LogP contribution in [0.1, 0.15) is 33.1 Å². The molecule has 10 heteroatoms. The predicted octanol–water partition coefficient (Wildman–Crippen LogP) is 2.76. The Balaban J connectivity index is 1.97. The first-order valence-electron chi connectivity index (χ1n) is 9.66. The van der Waals surface area contributed by atoms with E-state index in [4.69, 9.17) is 5.73 Å². The Bertz CT molecular complexity index is 1120. The van der Waals surface area contributed by atoms with E-state index in [-0.39, 0.29) is 23.0 Å². The molecule has 0 fully saturated rings. The van der Waals surface area contributed by atoms with Crippen LogP contribution in [-0.4, -0.2) is 40.6 Å². The van der Waals surface area contributed by atoms with Crippen LogP contribution >= 0.6 is 0 Å². The Kier molecular flexibility index (Phi) is 6.37. The third-order valence-electron chi connectivity index (χ3n) is 4.72. The summed E-state index contributed by atoms with van der Waals surface area (Å²) in [5.74, 6) is 0.332. The van der Waals surface area contributed by atoms with Crippen molar-refractivity contribution in [2.24, 2.45) is 0 Å². The monoisotopic (exact) mass is 430 g/mol. The van der Waals surface area contributed by atoms with Crippen LogP contribution in [0.4, 0.5) is 17.5 Å². The van der Waals surface area contributed by atoms with Crippen molar-refractivity contribution in [1.29, 1.82) is 0 Å². The number of fused-ring (bicyclic) bond motifs is 1. The minimum atomic E-state index is -3.86. The molecule has 2 aromatic heterocycles. The molecule has 3 rings (SSSR count). The van der Waals surface area contributed by atoms with E-state index in [1.54, 1.807) is 30.3 Å². The van der Waals surface area contributed by atoms with Gasteiger partial charge >= 0.3 is 0 Å². The van der Waals surface area contributed by atoms with Gasteiger partial charge in [0.2, 0.25) is 5.95 Å². The Labute approximate surface area is 175 Å². The van der Waals surface area contributed by atoms with E-state index < -0.39 is 15.6 Å². The molecule has 0 aliphatic rings. The van der Waals surface area contributed by atoms with Gasteiger partial charge in [-0.15, -0.1) is 0 Å². The molecule has 2 heterocycles. The second kappa shape index (κ2) is 8.80. The van der Waals surface area contributed by atoms with Gasteiger partial charge in [0.1, 0.15) is 10.4 Å². The number of nitrogens with one attached hydrogen (secondary N) is 2. The minimum absolute atomic E-state index is 0.0202. The quantitative estimate of drug-likeness (QED) is 0.406. The van der Waals surface area contributed by atoms with Gasteiger partial charge < -0.3 is 16.2 Å². The summed E-state index contributed by atoms with van der Waals surface area (Å²) in [4.78, 5) is 12.6. The van der Waals surface area contributed by atoms with Crippen molar-refractivity contribution >= 4 is 38.5 Å². The molecular formula is C20H26N6O3S. The first-order valence-corrected chi connectivity index (χ1v) is 11.1. The number of para-hydroxylation sites is 1. The van der Waals surface area contributed by atoms with Crippen LogP contribution in [0, 0.1) is 0 Å². The Morgan fingerprint density at radius 2 is 1.93 bits per heavy atom. The average Bonchev–Trinajstić information content (AvgIpc) is 2.72. The normalized spacial score (nSPS) is 13.7. The number of aliphatic hydroxyl groups is 1. The number of aliphatic hydroxyl groups excluding tert-OH is 1. The molecule has 160 valence electrons. The molecule has 0 aliphatic carbocycles. The largest absolute Gasteiger partial charge is 0.394 e. The van der Waals surface area contributed by atoms with E-state index in [1.165, 1.54) is 12.3 Å². The van der Waals surface area contributed by atoms with E-state index in [2.05, 4.69) is 31.9 Å². The van der Waals surface area contributed by atoms with Crippen molar-refractivity contribution in [2.45, 2.75) is 43.5 Å². The Morgan fingerprint density at radius 1 is 1.20 bits per heavy atom. The highest BCUT2D eigenvalue weighted by atomic mass is 32.2. The van der Waals surface area contributed by atoms with Gasteiger partial charge in [-0.05, 0) is 31.5 Å². The number of nitrogen functional groups attached to an aromatic ring is 1. The van der Waals surface area contributed by atoms with Crippen LogP contribution in [0.2, 0.25) is 0 Å². The highest BCUT2D eigenvalue weighted by Crippen LogP contribution is 2.27. The maximum Gasteiger partial charge on any atom is 0.263 e. The number of benzene rings is 1. The van der Waals surface area contributed by atoms with Crippen LogP contribution in [0.15, 0.2) is 47.5 Å². The fourth-order valence-electron chi connectivity index (χ4n) is 3.01. The number of hydrogen-bond donors (Lipinski definition) is 4. The number of aromatic nitrogens is 3. The van der Waals surface area contributed by atoms with E-state index in [0.717, 1.165) is 19.3 Å². The van der Waals surface area contributed by atoms with Gasteiger partial charge in [-0.25, -0.2) is 18.4 Å². The van der Waals surface area contributed by atoms with Crippen LogP contribution in [0.5, 0.6) is 0 Å². The smallest absolute Gasteiger partial charge is 0.263 e. The molecule has 0 saturated heterocycles. The number of pyridine rings is 1. The van der Waals surface area contributed by atoms with Crippen molar-refractivity contribution in [1.82, 2.24) is 15.0 Å². The van der Waals surface area contributed by atoms with Crippen LogP contribution in [0.25, 0.3) is 11.0 Å². The molecule has 1 aromatic carbocycles. The van der Waals surface area contributed by atoms with E-state index in [9.17, 15) is 13.5 Å². The Morgan fingerprint density at radius 3 is 2.60 bits per heavy atom. The summed E-state index contributed by atoms with van der Waals surface area (Å²) in [5.41, 5.74) is 6.33. The predicted molar refractivity (Wildman–Crippen MR) is 118 cm³/mol. The highest BCUT2D eigenvalue weighted by molar-refractivity contribution is 7.92. The molecule has 5 N–H and O–H groups in total. The van der Waals surface area contributed by atoms with Gasteiger partial charge in [0, 0.05) is 11.9 Å². The summed E-state index contributed by atoms with van der Waals surface area (Å²) in [6, 6.07) is 9.97. The molecule has 0 radical (unpaired) electrons. The number of sulfonamides is 1. The SMILES string of the molecule is CCCC[C@](C)(CO)Nc1nc(N)nc2cc(S(=O)(=O)Nc3ccccc3)cnc12. The van der Waals surface area contributed by atoms with Gasteiger partial charge in [0.25, 0.3) is 10.0 Å². The molecule has 9 nitrogen and oxygen atoms in total. The fourth-order valence-corrected chi connectivity index (χ4v) is 4.03. The van der Waals surface area contributed by atoms with Gasteiger partial charge in [-0.1, -0.05) is 38.0 Å². The standard InChI is InChI=1S/C20H26N6O3S/c1-3-4-10-20(2,13-27)25-18-17-16(23-19(21)24-18)11-15(12-22-17)30(28,29)26-14-8-6-5-7-9-14/h5-9,11-12,26-27H,3-4,10,13H2,1-2H3,(H3,21,23,24,25)/t20-/m1/s1. The zero-order valence-corrected chi connectivity index (χ0v) is 17.8. The summed E-state index contributed by atoms with van der Waals surface area (Å²) >= 11 is 0. The van der Waals surface area contributed by atoms with Crippen molar-refractivity contribution in [3.05, 3.63) is 42.6 Å². The average molecular weight is 431 g/mol. The lowest BCUT2D eigenvalue weighted by Gasteiger charge is -2.29. The van der Waals surface area contributed by atoms with E-state index in [0.29, 0.717) is 17.0 Å². The van der Waals surface area contributed by atoms with Crippen molar-refractivity contribution < 1.29 is 13.5 Å². The second-order valence-corrected chi connectivity index (χ2v) is 9.07. The van der Waals surface area contributed by atoms with Crippen LogP contribution in [0.3, 0.4) is 0 Å². The number of unbranched alkanes of at least 4 members (excludes halogenated alkanes) is 1. The van der Waals surface area contributed by atoms with Gasteiger partial charge in [0.05, 0.1) is 17.7 Å². The van der Waals surface area contributed by atoms with Gasteiger partial charge in [0.15, 0.2) is 5.82 Å². The Hall–Kier alpha value is -2.98. The summed E-state index contributed by atoms with van der Waals surface area (Å²) in [6.45, 7) is 3.85. The zero-order valence-electron chi connectivity index (χ0n) is 17.0. The van der Waals surface area contributed by atoms with E-state index in [1.807, 2.05) is 6.92 Å². The van der Waals surface area contributed by atoms with Crippen molar-refractivity contribution in [2.75, 3.05) is 22.4 Å². The molecule has 3 aromatic rings. The van der Waals surface area contributed by atoms with Crippen LogP contribution in [-0.2, 0) is 10.0 Å². The summed E-state index contributed by atoms with van der Waals surface area (Å²) in [5, 5.41) is 13.1. The molecule has 0 unspecified atom stereocenters. The number of nitrogens with two attached hydrogens (primary N) is 1. The van der Waals surface area contributed by atoms with Gasteiger partial charge in [-0.2, -0.15) is 4.98 Å². The molecule has 0 aliphatic heterocycles. The van der Waals surface area contributed by atoms with Crippen molar-refractivity contribution in [3.63, 3.8) is 0 Å². The number of rotatable bonds is 9. The molecular weight excluding hydrogens is 404 g/mol. The number of anilines is 3. The molecule has 1 atom stereocenters. The maximum atomic E-state index is 12.7. The van der Waals surface area contributed by atoms with Crippen LogP contribution < -0.4 is 15.8 Å². The third-order valence-corrected chi connectivity index (χ3v) is 6.06. The number of hydrogen-bond acceptors (Lipinski definition) is 8. The molecule has 0 bridgehead atoms. The van der Waals surface area contributed by atoms with E-state index >= 15 is 0 Å². The number of nitrogens with zero attached hydrogens (tertiary/aromatic N) is 3. The third kappa shape index (κ3) is 4.95. The lowest BCUT2D eigenvalue weighted by molar-refractivity contribution is 0.212. The van der Waals surface area contributed by atoms with Crippen molar-refractivity contribution in [3.8, 4) is 0 Å². The van der Waals surface area contributed by atoms with Gasteiger partial charge in [-0.3, -0.25) is 4.72 Å². The summed E-state index contributed by atoms with van der Waals surface area (Å²) < 4.78 is 28.0. The summed E-state index contributed by atoms with van der Waals surface area (Å²) in [6.07, 6.45) is 3.88. The topological polar surface area (TPSA) is 143 Å². The minimum Gasteiger partial charge on any atom is -0.394 e. The fraction of sp³-hybridized carbons (Fsp3) is 0.350. The lowest BCUT2D eigenvalue weighted by Crippen LogP contribution is -2.39. The lowest BCUT2D eigenvalue weighted by atomic mass is 9.96. The first kappa shape index (κ1) is 21.7. The maximum absolute atomic E-state index is 12.7. The molecule has 0 saturated carbocycles. The first-order chi connectivity index (χ1) is 14.3. The molecule has 30 heavy (non-hydrogen) atoms. The zero-order chi connectivity index (χ0) is 21.8.